The van der Waals surface area contributed by atoms with E-state index >= 15 is 0 Å². The maximum Gasteiger partial charge on any atom is 0.338 e. The maximum atomic E-state index is 13.9. The van der Waals surface area contributed by atoms with Crippen LogP contribution in [0.25, 0.3) is 0 Å². The predicted molar refractivity (Wildman–Crippen MR) is 212 cm³/mol. The highest BCUT2D eigenvalue weighted by Gasteiger charge is 2.54. The number of ether oxygens (including phenoxy) is 7. The zero-order valence-electron chi connectivity index (χ0n) is 32.8. The number of benzene rings is 4. The Balaban J connectivity index is 1.56. The molecule has 1 saturated heterocycles. The number of carbonyl (C=O) groups excluding carboxylic acids is 5. The fourth-order valence-corrected chi connectivity index (χ4v) is 6.47. The summed E-state index contributed by atoms with van der Waals surface area (Å²) in [6.45, 7) is 1.64. The second-order valence-corrected chi connectivity index (χ2v) is 13.8. The van der Waals surface area contributed by atoms with Crippen molar-refractivity contribution in [2.24, 2.45) is 0 Å². The Bertz CT molecular complexity index is 1890. The second-order valence-electron chi connectivity index (χ2n) is 13.8. The molecule has 0 spiro atoms. The van der Waals surface area contributed by atoms with Gasteiger partial charge in [0, 0.05) is 0 Å². The summed E-state index contributed by atoms with van der Waals surface area (Å²) >= 11 is 0. The summed E-state index contributed by atoms with van der Waals surface area (Å²) in [5.41, 5.74) is 0.752. The highest BCUT2D eigenvalue weighted by atomic mass is 16.7. The monoisotopic (exact) mass is 794 g/mol. The molecule has 5 rings (SSSR count). The average molecular weight is 795 g/mol. The zero-order chi connectivity index (χ0) is 41.1. The molecule has 58 heavy (non-hydrogen) atoms. The molecule has 0 bridgehead atoms. The minimum atomic E-state index is -1.58. The number of methoxy groups -OCH3 is 1. The zero-order valence-corrected chi connectivity index (χ0v) is 32.8. The molecule has 1 aliphatic rings. The first-order valence-corrected chi connectivity index (χ1v) is 19.6. The minimum absolute atomic E-state index is 0.159. The summed E-state index contributed by atoms with van der Waals surface area (Å²) in [7, 11) is 1.27. The van der Waals surface area contributed by atoms with Gasteiger partial charge in [0.25, 0.3) is 0 Å². The standard InChI is InChI=1S/C46H50O12/c1-3-4-5-6-7-20-29-36(30-38(47)52-2)54-46-41(58-45(51)35-27-18-11-19-28-35)40(57-44(50)34-25-16-10-17-26-34)39(56-43(49)33-23-14-9-15-24-33)37(55-46)31-53-42(48)32-21-12-8-13-22-32/h8-19,21-28,36-37,39-41,46H,3-7,20,29-31H2,1-2H3/t36-,37-,39-,40+,41-,46-/m1/s1. The van der Waals surface area contributed by atoms with E-state index in [1.807, 2.05) is 0 Å². The predicted octanol–water partition coefficient (Wildman–Crippen LogP) is 7.94. The molecule has 306 valence electrons. The van der Waals surface area contributed by atoms with Crippen LogP contribution in [0.3, 0.4) is 0 Å². The second kappa shape index (κ2) is 22.8. The summed E-state index contributed by atoms with van der Waals surface area (Å²) in [5.74, 6) is -3.69. The van der Waals surface area contributed by atoms with Crippen LogP contribution in [0.15, 0.2) is 121 Å². The normalized spacial score (nSPS) is 19.2. The van der Waals surface area contributed by atoms with E-state index in [1.165, 1.54) is 19.2 Å². The van der Waals surface area contributed by atoms with Crippen LogP contribution < -0.4 is 0 Å². The average Bonchev–Trinajstić information content (AvgIpc) is 3.26. The molecule has 1 aliphatic heterocycles. The van der Waals surface area contributed by atoms with Crippen molar-refractivity contribution in [1.29, 1.82) is 0 Å². The number of unbranched alkanes of at least 4 members (excludes halogenated alkanes) is 5. The van der Waals surface area contributed by atoms with Crippen LogP contribution in [0, 0.1) is 0 Å². The highest BCUT2D eigenvalue weighted by molar-refractivity contribution is 5.91. The third kappa shape index (κ3) is 12.8. The van der Waals surface area contributed by atoms with E-state index in [1.54, 1.807) is 109 Å². The van der Waals surface area contributed by atoms with Gasteiger partial charge in [-0.25, -0.2) is 19.2 Å². The van der Waals surface area contributed by atoms with Crippen molar-refractivity contribution in [2.45, 2.75) is 95.1 Å². The molecule has 0 aliphatic carbocycles. The Labute approximate surface area is 338 Å². The van der Waals surface area contributed by atoms with Crippen LogP contribution in [0.5, 0.6) is 0 Å². The molecular weight excluding hydrogens is 744 g/mol. The van der Waals surface area contributed by atoms with Crippen LogP contribution in [-0.2, 0) is 38.0 Å². The molecule has 6 atom stereocenters. The van der Waals surface area contributed by atoms with Crippen molar-refractivity contribution in [1.82, 2.24) is 0 Å². The molecule has 0 N–H and O–H groups in total. The first-order chi connectivity index (χ1) is 28.3. The van der Waals surface area contributed by atoms with E-state index in [-0.39, 0.29) is 28.7 Å². The van der Waals surface area contributed by atoms with Crippen molar-refractivity contribution in [3.8, 4) is 0 Å². The molecular formula is C46H50O12. The smallest absolute Gasteiger partial charge is 0.338 e. The Hall–Kier alpha value is -5.85. The van der Waals surface area contributed by atoms with Gasteiger partial charge < -0.3 is 33.2 Å². The largest absolute Gasteiger partial charge is 0.469 e. The van der Waals surface area contributed by atoms with Crippen LogP contribution in [0.4, 0.5) is 0 Å². The lowest BCUT2D eigenvalue weighted by Crippen LogP contribution is -2.63. The third-order valence-electron chi connectivity index (χ3n) is 9.57. The van der Waals surface area contributed by atoms with E-state index in [9.17, 15) is 24.0 Å². The quantitative estimate of drug-likeness (QED) is 0.0486. The van der Waals surface area contributed by atoms with Gasteiger partial charge in [0.05, 0.1) is 41.9 Å². The summed E-state index contributed by atoms with van der Waals surface area (Å²) in [6.07, 6.45) is -2.23. The van der Waals surface area contributed by atoms with E-state index < -0.39 is 73.3 Å². The molecule has 0 aromatic heterocycles. The van der Waals surface area contributed by atoms with Gasteiger partial charge in [-0.3, -0.25) is 4.79 Å². The first-order valence-electron chi connectivity index (χ1n) is 19.6. The van der Waals surface area contributed by atoms with Gasteiger partial charge in [0.1, 0.15) is 12.7 Å². The number of hydrogen-bond donors (Lipinski definition) is 0. The Morgan fingerprint density at radius 1 is 0.552 bits per heavy atom. The molecule has 12 nitrogen and oxygen atoms in total. The van der Waals surface area contributed by atoms with Crippen molar-refractivity contribution >= 4 is 29.8 Å². The summed E-state index contributed by atoms with van der Waals surface area (Å²) in [5, 5.41) is 0. The van der Waals surface area contributed by atoms with Crippen LogP contribution in [0.1, 0.15) is 99.7 Å². The number of carbonyl (C=O) groups is 5. The first kappa shape index (κ1) is 43.3. The molecule has 0 amide bonds. The molecule has 4 aromatic rings. The number of rotatable bonds is 20. The molecule has 4 aromatic carbocycles. The Kier molecular flexibility index (Phi) is 17.0. The van der Waals surface area contributed by atoms with Crippen molar-refractivity contribution in [3.05, 3.63) is 144 Å². The fraction of sp³-hybridized carbons (Fsp3) is 0.370. The minimum Gasteiger partial charge on any atom is -0.469 e. The topological polar surface area (TPSA) is 150 Å². The van der Waals surface area contributed by atoms with Gasteiger partial charge in [-0.15, -0.1) is 0 Å². The molecule has 0 saturated carbocycles. The molecule has 0 radical (unpaired) electrons. The van der Waals surface area contributed by atoms with Gasteiger partial charge in [-0.05, 0) is 55.0 Å². The van der Waals surface area contributed by atoms with Gasteiger partial charge in [-0.1, -0.05) is 118 Å². The molecule has 1 fully saturated rings. The lowest BCUT2D eigenvalue weighted by atomic mass is 9.97. The molecule has 0 unspecified atom stereocenters. The van der Waals surface area contributed by atoms with Crippen LogP contribution in [-0.4, -0.2) is 80.4 Å². The maximum absolute atomic E-state index is 13.9. The van der Waals surface area contributed by atoms with E-state index in [0.29, 0.717) is 12.8 Å². The summed E-state index contributed by atoms with van der Waals surface area (Å²) in [6, 6.07) is 32.6. The van der Waals surface area contributed by atoms with Crippen molar-refractivity contribution < 1.29 is 57.1 Å². The van der Waals surface area contributed by atoms with E-state index in [2.05, 4.69) is 6.92 Å². The van der Waals surface area contributed by atoms with Gasteiger partial charge in [0.2, 0.25) is 0 Å². The van der Waals surface area contributed by atoms with Gasteiger partial charge in [0.15, 0.2) is 24.6 Å². The van der Waals surface area contributed by atoms with Crippen LogP contribution >= 0.6 is 0 Å². The van der Waals surface area contributed by atoms with Gasteiger partial charge >= 0.3 is 29.8 Å². The summed E-state index contributed by atoms with van der Waals surface area (Å²) < 4.78 is 42.1. The SMILES string of the molecule is CCCCCCCC[C@H](CC(=O)OC)O[C@@H]1O[C@H](COC(=O)c2ccccc2)[C@@H](OC(=O)c2ccccc2)[C@H](OC(=O)c2ccccc2)[C@H]1OC(=O)c1ccccc1. The highest BCUT2D eigenvalue weighted by Crippen LogP contribution is 2.33. The number of esters is 5. The van der Waals surface area contributed by atoms with Crippen molar-refractivity contribution in [2.75, 3.05) is 13.7 Å². The van der Waals surface area contributed by atoms with Gasteiger partial charge in [-0.2, -0.15) is 0 Å². The Morgan fingerprint density at radius 2 is 0.983 bits per heavy atom. The van der Waals surface area contributed by atoms with E-state index in [4.69, 9.17) is 33.2 Å². The molecule has 12 heteroatoms. The fourth-order valence-electron chi connectivity index (χ4n) is 6.47. The number of hydrogen-bond acceptors (Lipinski definition) is 12. The van der Waals surface area contributed by atoms with Crippen molar-refractivity contribution in [3.63, 3.8) is 0 Å². The van der Waals surface area contributed by atoms with E-state index in [0.717, 1.165) is 32.1 Å². The summed E-state index contributed by atoms with van der Waals surface area (Å²) in [4.78, 5) is 67.5. The third-order valence-corrected chi connectivity index (χ3v) is 9.57. The van der Waals surface area contributed by atoms with Crippen LogP contribution in [0.2, 0.25) is 0 Å². The lowest BCUT2D eigenvalue weighted by molar-refractivity contribution is -0.309. The molecule has 1 heterocycles. The lowest BCUT2D eigenvalue weighted by Gasteiger charge is -2.45. The Morgan fingerprint density at radius 3 is 1.47 bits per heavy atom.